The number of thiophene rings is 1. The molecule has 0 saturated carbocycles. The molecule has 6 heteroatoms. The van der Waals surface area contributed by atoms with Gasteiger partial charge in [0.25, 0.3) is 0 Å². The highest BCUT2D eigenvalue weighted by Crippen LogP contribution is 2.38. The van der Waals surface area contributed by atoms with E-state index in [1.165, 1.54) is 29.5 Å². The Balaban J connectivity index is 1.87. The number of fused-ring (bicyclic) bond motifs is 1. The lowest BCUT2D eigenvalue weighted by molar-refractivity contribution is 0.0601. The van der Waals surface area contributed by atoms with E-state index < -0.39 is 0 Å². The number of methoxy groups -OCH3 is 1. The fraction of sp³-hybridized carbons (Fsp3) is 0.429. The third-order valence-corrected chi connectivity index (χ3v) is 6.44. The molecule has 1 aliphatic carbocycles. The van der Waals surface area contributed by atoms with Gasteiger partial charge < -0.3 is 15.4 Å². The second-order valence-electron chi connectivity index (χ2n) is 6.64. The number of anilines is 2. The molecule has 0 bridgehead atoms. The summed E-state index contributed by atoms with van der Waals surface area (Å²) in [5.41, 5.74) is 5.32. The standard InChI is InChI=1S/C21H26N2O2S2/c1-4-13-9-8-10-14(5-2)18(13)22-21(26)23-19-17(20(24)25-3)15-11-6-7-12-16(15)27-19/h8-10H,4-7,11-12H2,1-3H3,(H2,22,23,26). The molecule has 0 amide bonds. The monoisotopic (exact) mass is 402 g/mol. The van der Waals surface area contributed by atoms with E-state index in [0.29, 0.717) is 10.7 Å². The van der Waals surface area contributed by atoms with E-state index in [0.717, 1.165) is 48.4 Å². The van der Waals surface area contributed by atoms with Gasteiger partial charge in [0.2, 0.25) is 0 Å². The normalized spacial score (nSPS) is 13.0. The minimum Gasteiger partial charge on any atom is -0.465 e. The molecule has 0 radical (unpaired) electrons. The molecule has 0 spiro atoms. The number of hydrogen-bond donors (Lipinski definition) is 2. The molecule has 0 saturated heterocycles. The highest BCUT2D eigenvalue weighted by Gasteiger charge is 2.26. The zero-order valence-electron chi connectivity index (χ0n) is 16.1. The van der Waals surface area contributed by atoms with Crippen LogP contribution in [0.15, 0.2) is 18.2 Å². The van der Waals surface area contributed by atoms with Crippen LogP contribution in [0.2, 0.25) is 0 Å². The summed E-state index contributed by atoms with van der Waals surface area (Å²) in [5.74, 6) is -0.289. The van der Waals surface area contributed by atoms with Crippen molar-refractivity contribution in [2.75, 3.05) is 17.7 Å². The van der Waals surface area contributed by atoms with Crippen molar-refractivity contribution in [1.29, 1.82) is 0 Å². The van der Waals surface area contributed by atoms with Crippen molar-refractivity contribution in [1.82, 2.24) is 0 Å². The molecule has 27 heavy (non-hydrogen) atoms. The first kappa shape index (κ1) is 19.8. The van der Waals surface area contributed by atoms with Crippen molar-refractivity contribution < 1.29 is 9.53 Å². The summed E-state index contributed by atoms with van der Waals surface area (Å²) < 4.78 is 5.04. The summed E-state index contributed by atoms with van der Waals surface area (Å²) >= 11 is 7.21. The van der Waals surface area contributed by atoms with Crippen LogP contribution in [0.5, 0.6) is 0 Å². The van der Waals surface area contributed by atoms with E-state index in [-0.39, 0.29) is 5.97 Å². The van der Waals surface area contributed by atoms with Gasteiger partial charge in [0, 0.05) is 10.6 Å². The smallest absolute Gasteiger partial charge is 0.341 e. The van der Waals surface area contributed by atoms with Gasteiger partial charge in [0.15, 0.2) is 5.11 Å². The number of carbonyl (C=O) groups excluding carboxylic acids is 1. The van der Waals surface area contributed by atoms with Crippen LogP contribution in [-0.2, 0) is 30.4 Å². The van der Waals surface area contributed by atoms with Crippen LogP contribution >= 0.6 is 23.6 Å². The van der Waals surface area contributed by atoms with Crippen molar-refractivity contribution in [2.45, 2.75) is 52.4 Å². The number of esters is 1. The van der Waals surface area contributed by atoms with E-state index >= 15 is 0 Å². The lowest BCUT2D eigenvalue weighted by atomic mass is 9.95. The molecule has 2 N–H and O–H groups in total. The number of benzene rings is 1. The minimum atomic E-state index is -0.289. The second kappa shape index (κ2) is 8.85. The van der Waals surface area contributed by atoms with E-state index in [2.05, 4.69) is 42.7 Å². The SMILES string of the molecule is CCc1cccc(CC)c1NC(=S)Nc1sc2c(c1C(=O)OC)CCCC2. The van der Waals surface area contributed by atoms with Gasteiger partial charge in [-0.1, -0.05) is 32.0 Å². The highest BCUT2D eigenvalue weighted by molar-refractivity contribution is 7.80. The van der Waals surface area contributed by atoms with Crippen molar-refractivity contribution in [3.05, 3.63) is 45.3 Å². The summed E-state index contributed by atoms with van der Waals surface area (Å²) in [5, 5.41) is 7.94. The van der Waals surface area contributed by atoms with Crippen molar-refractivity contribution in [2.24, 2.45) is 0 Å². The quantitative estimate of drug-likeness (QED) is 0.522. The number of thiocarbonyl (C=S) groups is 1. The molecule has 1 aromatic carbocycles. The van der Waals surface area contributed by atoms with Crippen molar-refractivity contribution >= 4 is 45.3 Å². The van der Waals surface area contributed by atoms with Gasteiger partial charge in [-0.2, -0.15) is 0 Å². The van der Waals surface area contributed by atoms with Crippen LogP contribution in [0.3, 0.4) is 0 Å². The predicted molar refractivity (Wildman–Crippen MR) is 117 cm³/mol. The predicted octanol–water partition coefficient (Wildman–Crippen LogP) is 5.35. The van der Waals surface area contributed by atoms with E-state index in [4.69, 9.17) is 17.0 Å². The zero-order chi connectivity index (χ0) is 19.4. The third-order valence-electron chi connectivity index (χ3n) is 5.03. The van der Waals surface area contributed by atoms with Crippen LogP contribution in [-0.4, -0.2) is 18.2 Å². The Bertz CT molecular complexity index is 836. The number of hydrogen-bond acceptors (Lipinski definition) is 4. The molecule has 0 unspecified atom stereocenters. The molecule has 1 heterocycles. The maximum Gasteiger partial charge on any atom is 0.341 e. The molecule has 0 fully saturated rings. The summed E-state index contributed by atoms with van der Waals surface area (Å²) in [7, 11) is 1.43. The third kappa shape index (κ3) is 4.17. The molecule has 0 aliphatic heterocycles. The topological polar surface area (TPSA) is 50.4 Å². The minimum absolute atomic E-state index is 0.289. The molecule has 0 atom stereocenters. The lowest BCUT2D eigenvalue weighted by Gasteiger charge is -2.17. The number of rotatable bonds is 5. The first-order chi connectivity index (χ1) is 13.1. The van der Waals surface area contributed by atoms with Crippen LogP contribution < -0.4 is 10.6 Å². The molecular formula is C21H26N2O2S2. The number of para-hydroxylation sites is 1. The Morgan fingerprint density at radius 3 is 2.44 bits per heavy atom. The summed E-state index contributed by atoms with van der Waals surface area (Å²) in [4.78, 5) is 13.7. The van der Waals surface area contributed by atoms with Crippen LogP contribution in [0.4, 0.5) is 10.7 Å². The van der Waals surface area contributed by atoms with Crippen LogP contribution in [0.1, 0.15) is 58.6 Å². The molecule has 3 rings (SSSR count). The molecule has 1 aromatic heterocycles. The number of aryl methyl sites for hydroxylation is 3. The summed E-state index contributed by atoms with van der Waals surface area (Å²) in [6.07, 6.45) is 6.08. The van der Waals surface area contributed by atoms with Gasteiger partial charge in [0.1, 0.15) is 5.00 Å². The largest absolute Gasteiger partial charge is 0.465 e. The highest BCUT2D eigenvalue weighted by atomic mass is 32.1. The summed E-state index contributed by atoms with van der Waals surface area (Å²) in [6, 6.07) is 6.32. The van der Waals surface area contributed by atoms with Gasteiger partial charge in [0.05, 0.1) is 12.7 Å². The van der Waals surface area contributed by atoms with E-state index in [1.807, 2.05) is 0 Å². The fourth-order valence-corrected chi connectivity index (χ4v) is 5.17. The maximum absolute atomic E-state index is 12.4. The first-order valence-electron chi connectivity index (χ1n) is 9.50. The molecule has 2 aromatic rings. The number of carbonyl (C=O) groups is 1. The number of ether oxygens (including phenoxy) is 1. The molecular weight excluding hydrogens is 376 g/mol. The second-order valence-corrected chi connectivity index (χ2v) is 8.16. The van der Waals surface area contributed by atoms with Crippen molar-refractivity contribution in [3.8, 4) is 0 Å². The van der Waals surface area contributed by atoms with Gasteiger partial charge in [-0.05, 0) is 67.4 Å². The number of nitrogens with one attached hydrogen (secondary N) is 2. The lowest BCUT2D eigenvalue weighted by Crippen LogP contribution is -2.22. The Kier molecular flexibility index (Phi) is 6.50. The Morgan fingerprint density at radius 2 is 1.81 bits per heavy atom. The first-order valence-corrected chi connectivity index (χ1v) is 10.7. The Hall–Kier alpha value is -1.92. The van der Waals surface area contributed by atoms with Crippen LogP contribution in [0, 0.1) is 0 Å². The molecule has 144 valence electrons. The Labute approximate surface area is 170 Å². The van der Waals surface area contributed by atoms with E-state index in [1.54, 1.807) is 11.3 Å². The maximum atomic E-state index is 12.4. The van der Waals surface area contributed by atoms with Gasteiger partial charge in [-0.3, -0.25) is 0 Å². The van der Waals surface area contributed by atoms with Crippen LogP contribution in [0.25, 0.3) is 0 Å². The van der Waals surface area contributed by atoms with Gasteiger partial charge in [-0.25, -0.2) is 4.79 Å². The van der Waals surface area contributed by atoms with Gasteiger partial charge in [-0.15, -0.1) is 11.3 Å². The van der Waals surface area contributed by atoms with E-state index in [9.17, 15) is 4.79 Å². The molecule has 4 nitrogen and oxygen atoms in total. The van der Waals surface area contributed by atoms with Crippen molar-refractivity contribution in [3.63, 3.8) is 0 Å². The summed E-state index contributed by atoms with van der Waals surface area (Å²) in [6.45, 7) is 4.28. The average Bonchev–Trinajstić information content (AvgIpc) is 3.05. The zero-order valence-corrected chi connectivity index (χ0v) is 17.7. The van der Waals surface area contributed by atoms with Gasteiger partial charge >= 0.3 is 5.97 Å². The molecule has 1 aliphatic rings. The fourth-order valence-electron chi connectivity index (χ4n) is 3.62. The average molecular weight is 403 g/mol. The Morgan fingerprint density at radius 1 is 1.15 bits per heavy atom.